The average molecular weight is 293 g/mol. The molecule has 21 heavy (non-hydrogen) atoms. The van der Waals surface area contributed by atoms with Crippen molar-refractivity contribution < 1.29 is 13.2 Å². The van der Waals surface area contributed by atoms with Gasteiger partial charge in [0.05, 0.1) is 5.56 Å². The molecule has 2 aromatic rings. The van der Waals surface area contributed by atoms with Gasteiger partial charge in [-0.1, -0.05) is 42.5 Å². The van der Waals surface area contributed by atoms with E-state index < -0.39 is 11.7 Å². The topological polar surface area (TPSA) is 26.0 Å². The van der Waals surface area contributed by atoms with Gasteiger partial charge in [-0.2, -0.15) is 13.2 Å². The molecule has 0 aromatic heterocycles. The zero-order valence-electron chi connectivity index (χ0n) is 11.8. The third-order valence-corrected chi connectivity index (χ3v) is 3.60. The van der Waals surface area contributed by atoms with E-state index in [4.69, 9.17) is 5.73 Å². The van der Waals surface area contributed by atoms with Crippen molar-refractivity contribution in [2.75, 3.05) is 0 Å². The molecule has 0 bridgehead atoms. The van der Waals surface area contributed by atoms with Crippen molar-refractivity contribution >= 4 is 0 Å². The van der Waals surface area contributed by atoms with Crippen LogP contribution in [-0.4, -0.2) is 6.04 Å². The summed E-state index contributed by atoms with van der Waals surface area (Å²) in [5.74, 6) is 0.0861. The lowest BCUT2D eigenvalue weighted by atomic mass is 9.87. The van der Waals surface area contributed by atoms with E-state index in [-0.39, 0.29) is 12.0 Å². The van der Waals surface area contributed by atoms with Gasteiger partial charge in [0, 0.05) is 12.0 Å². The standard InChI is InChI=1S/C17H18F3N/c1-12(21)16(14-5-3-2-4-6-14)11-13-7-9-15(10-8-13)17(18,19)20/h2-10,12,16H,11,21H2,1H3/t12-,16+/m1/s1. The van der Waals surface area contributed by atoms with Crippen LogP contribution < -0.4 is 5.73 Å². The highest BCUT2D eigenvalue weighted by Gasteiger charge is 2.30. The first-order valence-electron chi connectivity index (χ1n) is 6.84. The molecule has 0 unspecified atom stereocenters. The van der Waals surface area contributed by atoms with Gasteiger partial charge in [0.2, 0.25) is 0 Å². The maximum absolute atomic E-state index is 12.6. The van der Waals surface area contributed by atoms with E-state index >= 15 is 0 Å². The van der Waals surface area contributed by atoms with E-state index in [1.807, 2.05) is 37.3 Å². The Morgan fingerprint density at radius 3 is 2.00 bits per heavy atom. The summed E-state index contributed by atoms with van der Waals surface area (Å²) in [5.41, 5.74) is 7.37. The SMILES string of the molecule is C[C@@H](N)[C@H](Cc1ccc(C(F)(F)F)cc1)c1ccccc1. The van der Waals surface area contributed by atoms with Crippen molar-refractivity contribution in [3.05, 3.63) is 71.3 Å². The van der Waals surface area contributed by atoms with Gasteiger partial charge in [0.15, 0.2) is 0 Å². The molecule has 0 aliphatic heterocycles. The second kappa shape index (κ2) is 6.31. The van der Waals surface area contributed by atoms with Gasteiger partial charge in [-0.25, -0.2) is 0 Å². The largest absolute Gasteiger partial charge is 0.416 e. The number of hydrogen-bond acceptors (Lipinski definition) is 1. The number of halogens is 3. The molecule has 0 aliphatic rings. The normalized spacial score (nSPS) is 14.7. The predicted molar refractivity (Wildman–Crippen MR) is 78.0 cm³/mol. The van der Waals surface area contributed by atoms with E-state index in [0.29, 0.717) is 6.42 Å². The van der Waals surface area contributed by atoms with Gasteiger partial charge >= 0.3 is 6.18 Å². The highest BCUT2D eigenvalue weighted by atomic mass is 19.4. The highest BCUT2D eigenvalue weighted by molar-refractivity contribution is 5.28. The highest BCUT2D eigenvalue weighted by Crippen LogP contribution is 2.30. The summed E-state index contributed by atoms with van der Waals surface area (Å²) in [7, 11) is 0. The molecule has 2 atom stereocenters. The molecule has 2 aromatic carbocycles. The lowest BCUT2D eigenvalue weighted by Gasteiger charge is -2.21. The third kappa shape index (κ3) is 4.08. The molecular weight excluding hydrogens is 275 g/mol. The molecule has 4 heteroatoms. The fourth-order valence-electron chi connectivity index (χ4n) is 2.39. The molecule has 0 fully saturated rings. The summed E-state index contributed by atoms with van der Waals surface area (Å²) in [6.45, 7) is 1.92. The molecule has 2 rings (SSSR count). The maximum Gasteiger partial charge on any atom is 0.416 e. The molecule has 1 nitrogen and oxygen atoms in total. The molecule has 0 saturated heterocycles. The fraction of sp³-hybridized carbons (Fsp3) is 0.294. The van der Waals surface area contributed by atoms with Crippen LogP contribution in [0.2, 0.25) is 0 Å². The van der Waals surface area contributed by atoms with E-state index in [2.05, 4.69) is 0 Å². The molecule has 0 heterocycles. The van der Waals surface area contributed by atoms with Crippen molar-refractivity contribution in [1.29, 1.82) is 0 Å². The Morgan fingerprint density at radius 2 is 1.52 bits per heavy atom. The van der Waals surface area contributed by atoms with Crippen LogP contribution in [0.15, 0.2) is 54.6 Å². The predicted octanol–water partition coefficient (Wildman–Crippen LogP) is 4.38. The van der Waals surface area contributed by atoms with Crippen molar-refractivity contribution in [2.45, 2.75) is 31.5 Å². The molecule has 2 N–H and O–H groups in total. The molecule has 0 radical (unpaired) electrons. The van der Waals surface area contributed by atoms with Crippen LogP contribution in [0.1, 0.15) is 29.5 Å². The van der Waals surface area contributed by atoms with Gasteiger partial charge in [-0.15, -0.1) is 0 Å². The summed E-state index contributed by atoms with van der Waals surface area (Å²) in [6.07, 6.45) is -3.67. The number of rotatable bonds is 4. The van der Waals surface area contributed by atoms with Crippen LogP contribution >= 0.6 is 0 Å². The van der Waals surface area contributed by atoms with Crippen LogP contribution in [-0.2, 0) is 12.6 Å². The summed E-state index contributed by atoms with van der Waals surface area (Å²) in [6, 6.07) is 15.0. The average Bonchev–Trinajstić information content (AvgIpc) is 2.45. The van der Waals surface area contributed by atoms with Crippen LogP contribution in [0.3, 0.4) is 0 Å². The zero-order valence-corrected chi connectivity index (χ0v) is 11.8. The minimum Gasteiger partial charge on any atom is -0.327 e. The lowest BCUT2D eigenvalue weighted by Crippen LogP contribution is -2.26. The third-order valence-electron chi connectivity index (χ3n) is 3.60. The van der Waals surface area contributed by atoms with Crippen LogP contribution in [0.25, 0.3) is 0 Å². The number of hydrogen-bond donors (Lipinski definition) is 1. The quantitative estimate of drug-likeness (QED) is 0.889. The summed E-state index contributed by atoms with van der Waals surface area (Å²) < 4.78 is 37.7. The van der Waals surface area contributed by atoms with Crippen molar-refractivity contribution in [1.82, 2.24) is 0 Å². The fourth-order valence-corrected chi connectivity index (χ4v) is 2.39. The van der Waals surface area contributed by atoms with E-state index in [1.54, 1.807) is 0 Å². The van der Waals surface area contributed by atoms with Gasteiger partial charge in [-0.3, -0.25) is 0 Å². The first-order valence-corrected chi connectivity index (χ1v) is 6.84. The summed E-state index contributed by atoms with van der Waals surface area (Å²) >= 11 is 0. The van der Waals surface area contributed by atoms with Crippen LogP contribution in [0, 0.1) is 0 Å². The van der Waals surface area contributed by atoms with Crippen molar-refractivity contribution in [3.8, 4) is 0 Å². The summed E-state index contributed by atoms with van der Waals surface area (Å²) in [4.78, 5) is 0. The lowest BCUT2D eigenvalue weighted by molar-refractivity contribution is -0.137. The van der Waals surface area contributed by atoms with Gasteiger partial charge in [0.25, 0.3) is 0 Å². The second-order valence-electron chi connectivity index (χ2n) is 5.28. The monoisotopic (exact) mass is 293 g/mol. The number of benzene rings is 2. The zero-order chi connectivity index (χ0) is 15.5. The molecule has 0 aliphatic carbocycles. The van der Waals surface area contributed by atoms with Crippen molar-refractivity contribution in [2.24, 2.45) is 5.73 Å². The Kier molecular flexibility index (Phi) is 4.68. The minimum atomic E-state index is -4.29. The Balaban J connectivity index is 2.18. The minimum absolute atomic E-state index is 0.0744. The molecule has 0 saturated carbocycles. The Morgan fingerprint density at radius 1 is 0.952 bits per heavy atom. The van der Waals surface area contributed by atoms with E-state index in [9.17, 15) is 13.2 Å². The van der Waals surface area contributed by atoms with Gasteiger partial charge in [-0.05, 0) is 36.6 Å². The van der Waals surface area contributed by atoms with Gasteiger partial charge < -0.3 is 5.73 Å². The Labute approximate surface area is 122 Å². The van der Waals surface area contributed by atoms with Gasteiger partial charge in [0.1, 0.15) is 0 Å². The number of alkyl halides is 3. The summed E-state index contributed by atoms with van der Waals surface area (Å²) in [5, 5.41) is 0. The van der Waals surface area contributed by atoms with Crippen molar-refractivity contribution in [3.63, 3.8) is 0 Å². The number of nitrogens with two attached hydrogens (primary N) is 1. The maximum atomic E-state index is 12.6. The molecular formula is C17H18F3N. The molecule has 112 valence electrons. The van der Waals surface area contributed by atoms with Crippen LogP contribution in [0.4, 0.5) is 13.2 Å². The molecule has 0 amide bonds. The van der Waals surface area contributed by atoms with E-state index in [1.165, 1.54) is 12.1 Å². The van der Waals surface area contributed by atoms with Crippen LogP contribution in [0.5, 0.6) is 0 Å². The Bertz CT molecular complexity index is 559. The first kappa shape index (κ1) is 15.6. The smallest absolute Gasteiger partial charge is 0.327 e. The first-order chi connectivity index (χ1) is 9.88. The second-order valence-corrected chi connectivity index (χ2v) is 5.28. The Hall–Kier alpha value is -1.81. The van der Waals surface area contributed by atoms with E-state index in [0.717, 1.165) is 23.3 Å². The molecule has 0 spiro atoms.